The van der Waals surface area contributed by atoms with Crippen LogP contribution >= 0.6 is 0 Å². The molecule has 0 spiro atoms. The zero-order valence-corrected chi connectivity index (χ0v) is 15.8. The normalized spacial score (nSPS) is 10.3. The molecule has 2 rings (SSSR count). The summed E-state index contributed by atoms with van der Waals surface area (Å²) in [4.78, 5) is 24.3. The molecule has 0 unspecified atom stereocenters. The van der Waals surface area contributed by atoms with Gasteiger partial charge in [-0.25, -0.2) is 0 Å². The Bertz CT molecular complexity index is 732. The number of carbonyl (C=O) groups excluding carboxylic acids is 2. The number of hydrogen-bond donors (Lipinski definition) is 3. The maximum Gasteiger partial charge on any atom is 0.253 e. The molecular formula is C21H27N3O3. The van der Waals surface area contributed by atoms with Gasteiger partial charge < -0.3 is 20.7 Å². The van der Waals surface area contributed by atoms with Crippen molar-refractivity contribution in [3.05, 3.63) is 60.2 Å². The van der Waals surface area contributed by atoms with Crippen molar-refractivity contribution in [2.24, 2.45) is 5.92 Å². The number of ether oxygens (including phenoxy) is 1. The minimum Gasteiger partial charge on any atom is -0.492 e. The second-order valence-electron chi connectivity index (χ2n) is 6.51. The Kier molecular flexibility index (Phi) is 8.16. The lowest BCUT2D eigenvalue weighted by Gasteiger charge is -2.13. The molecule has 0 aromatic heterocycles. The van der Waals surface area contributed by atoms with E-state index in [4.69, 9.17) is 4.74 Å². The Labute approximate surface area is 160 Å². The lowest BCUT2D eigenvalue weighted by atomic mass is 10.1. The van der Waals surface area contributed by atoms with Crippen LogP contribution in [0.25, 0.3) is 0 Å². The minimum atomic E-state index is -0.163. The van der Waals surface area contributed by atoms with Gasteiger partial charge in [0.05, 0.1) is 18.7 Å². The van der Waals surface area contributed by atoms with Gasteiger partial charge in [0.25, 0.3) is 5.91 Å². The highest BCUT2D eigenvalue weighted by Crippen LogP contribution is 2.14. The number of hydrogen-bond acceptors (Lipinski definition) is 4. The highest BCUT2D eigenvalue weighted by molar-refractivity contribution is 6.00. The first-order chi connectivity index (χ1) is 13.1. The van der Waals surface area contributed by atoms with Gasteiger partial charge in [-0.1, -0.05) is 44.2 Å². The summed E-state index contributed by atoms with van der Waals surface area (Å²) in [6.45, 7) is 5.57. The maximum atomic E-state index is 12.3. The molecule has 0 bridgehead atoms. The monoisotopic (exact) mass is 369 g/mol. The molecule has 2 aromatic rings. The molecule has 0 heterocycles. The SMILES string of the molecule is CC(C)CNC(=O)c1ccccc1NCC(=O)NCCOc1ccccc1. The van der Waals surface area contributed by atoms with Crippen molar-refractivity contribution in [2.75, 3.05) is 31.6 Å². The molecule has 144 valence electrons. The van der Waals surface area contributed by atoms with E-state index in [2.05, 4.69) is 16.0 Å². The molecule has 0 aliphatic rings. The predicted octanol–water partition coefficient (Wildman–Crippen LogP) is 2.68. The van der Waals surface area contributed by atoms with Crippen molar-refractivity contribution in [1.29, 1.82) is 0 Å². The van der Waals surface area contributed by atoms with Crippen molar-refractivity contribution < 1.29 is 14.3 Å². The van der Waals surface area contributed by atoms with E-state index in [9.17, 15) is 9.59 Å². The lowest BCUT2D eigenvalue weighted by Crippen LogP contribution is -2.33. The highest BCUT2D eigenvalue weighted by Gasteiger charge is 2.11. The van der Waals surface area contributed by atoms with Crippen LogP contribution in [0.3, 0.4) is 0 Å². The Balaban J connectivity index is 1.75. The summed E-state index contributed by atoms with van der Waals surface area (Å²) in [5.74, 6) is 0.830. The number of carbonyl (C=O) groups is 2. The van der Waals surface area contributed by atoms with E-state index in [1.165, 1.54) is 0 Å². The van der Waals surface area contributed by atoms with Gasteiger partial charge in [0, 0.05) is 12.2 Å². The molecule has 2 aromatic carbocycles. The molecule has 0 saturated carbocycles. The van der Waals surface area contributed by atoms with Crippen LogP contribution in [-0.4, -0.2) is 38.1 Å². The predicted molar refractivity (Wildman–Crippen MR) is 107 cm³/mol. The van der Waals surface area contributed by atoms with Crippen LogP contribution in [0.2, 0.25) is 0 Å². The van der Waals surface area contributed by atoms with Gasteiger partial charge in [-0.05, 0) is 30.2 Å². The number of para-hydroxylation sites is 2. The van der Waals surface area contributed by atoms with Crippen molar-refractivity contribution >= 4 is 17.5 Å². The van der Waals surface area contributed by atoms with Crippen LogP contribution < -0.4 is 20.7 Å². The third-order valence-corrected chi connectivity index (χ3v) is 3.72. The molecule has 0 fully saturated rings. The Morgan fingerprint density at radius 2 is 1.67 bits per heavy atom. The van der Waals surface area contributed by atoms with E-state index >= 15 is 0 Å². The zero-order valence-electron chi connectivity index (χ0n) is 15.8. The second-order valence-corrected chi connectivity index (χ2v) is 6.51. The summed E-state index contributed by atoms with van der Waals surface area (Å²) in [6.07, 6.45) is 0. The third kappa shape index (κ3) is 7.40. The number of nitrogens with one attached hydrogen (secondary N) is 3. The molecule has 2 amide bonds. The van der Waals surface area contributed by atoms with E-state index in [1.807, 2.05) is 50.2 Å². The molecule has 6 nitrogen and oxygen atoms in total. The smallest absolute Gasteiger partial charge is 0.253 e. The number of anilines is 1. The minimum absolute atomic E-state index is 0.0831. The van der Waals surface area contributed by atoms with E-state index in [0.29, 0.717) is 36.9 Å². The number of benzene rings is 2. The van der Waals surface area contributed by atoms with Crippen LogP contribution in [0.1, 0.15) is 24.2 Å². The summed E-state index contributed by atoms with van der Waals surface area (Å²) in [5.41, 5.74) is 1.16. The standard InChI is InChI=1S/C21H27N3O3/c1-16(2)14-24-21(26)18-10-6-7-11-19(18)23-15-20(25)22-12-13-27-17-8-4-3-5-9-17/h3-11,16,23H,12-15H2,1-2H3,(H,22,25)(H,24,26). The van der Waals surface area contributed by atoms with E-state index < -0.39 is 0 Å². The fourth-order valence-corrected chi connectivity index (χ4v) is 2.34. The van der Waals surface area contributed by atoms with Crippen molar-refractivity contribution in [3.8, 4) is 5.75 Å². The van der Waals surface area contributed by atoms with E-state index in [1.54, 1.807) is 18.2 Å². The molecular weight excluding hydrogens is 342 g/mol. The fourth-order valence-electron chi connectivity index (χ4n) is 2.34. The average Bonchev–Trinajstić information content (AvgIpc) is 2.69. The second kappa shape index (κ2) is 10.9. The Hall–Kier alpha value is -3.02. The average molecular weight is 369 g/mol. The summed E-state index contributed by atoms with van der Waals surface area (Å²) in [5, 5.41) is 8.70. The van der Waals surface area contributed by atoms with Gasteiger partial charge in [-0.2, -0.15) is 0 Å². The van der Waals surface area contributed by atoms with Gasteiger partial charge in [-0.3, -0.25) is 9.59 Å². The van der Waals surface area contributed by atoms with Gasteiger partial charge >= 0.3 is 0 Å². The third-order valence-electron chi connectivity index (χ3n) is 3.72. The first-order valence-electron chi connectivity index (χ1n) is 9.12. The van der Waals surface area contributed by atoms with Crippen molar-refractivity contribution in [3.63, 3.8) is 0 Å². The molecule has 6 heteroatoms. The molecule has 0 atom stereocenters. The largest absolute Gasteiger partial charge is 0.492 e. The van der Waals surface area contributed by atoms with Gasteiger partial charge in [-0.15, -0.1) is 0 Å². The first-order valence-corrected chi connectivity index (χ1v) is 9.12. The first kappa shape index (κ1) is 20.3. The van der Waals surface area contributed by atoms with Crippen molar-refractivity contribution in [1.82, 2.24) is 10.6 Å². The van der Waals surface area contributed by atoms with Crippen molar-refractivity contribution in [2.45, 2.75) is 13.8 Å². The topological polar surface area (TPSA) is 79.5 Å². The van der Waals surface area contributed by atoms with Crippen LogP contribution in [0.5, 0.6) is 5.75 Å². The lowest BCUT2D eigenvalue weighted by molar-refractivity contribution is -0.119. The Morgan fingerprint density at radius 3 is 2.41 bits per heavy atom. The summed E-state index contributed by atoms with van der Waals surface area (Å²) in [7, 11) is 0. The highest BCUT2D eigenvalue weighted by atomic mass is 16.5. The van der Waals surface area contributed by atoms with Crippen LogP contribution in [0.4, 0.5) is 5.69 Å². The van der Waals surface area contributed by atoms with Gasteiger partial charge in [0.15, 0.2) is 0 Å². The van der Waals surface area contributed by atoms with Gasteiger partial charge in [0.1, 0.15) is 12.4 Å². The molecule has 3 N–H and O–H groups in total. The zero-order chi connectivity index (χ0) is 19.5. The molecule has 0 saturated heterocycles. The van der Waals surface area contributed by atoms with E-state index in [0.717, 1.165) is 5.75 Å². The molecule has 0 aliphatic carbocycles. The summed E-state index contributed by atoms with van der Waals surface area (Å²) in [6, 6.07) is 16.6. The van der Waals surface area contributed by atoms with Gasteiger partial charge in [0.2, 0.25) is 5.91 Å². The van der Waals surface area contributed by atoms with Crippen LogP contribution in [-0.2, 0) is 4.79 Å². The summed E-state index contributed by atoms with van der Waals surface area (Å²) >= 11 is 0. The quantitative estimate of drug-likeness (QED) is 0.563. The number of amides is 2. The molecule has 0 radical (unpaired) electrons. The molecule has 27 heavy (non-hydrogen) atoms. The number of rotatable bonds is 10. The van der Waals surface area contributed by atoms with Crippen LogP contribution in [0, 0.1) is 5.92 Å². The molecule has 0 aliphatic heterocycles. The maximum absolute atomic E-state index is 12.3. The Morgan fingerprint density at radius 1 is 0.963 bits per heavy atom. The van der Waals surface area contributed by atoms with Crippen LogP contribution in [0.15, 0.2) is 54.6 Å². The fraction of sp³-hybridized carbons (Fsp3) is 0.333. The van der Waals surface area contributed by atoms with E-state index in [-0.39, 0.29) is 18.4 Å². The summed E-state index contributed by atoms with van der Waals surface area (Å²) < 4.78 is 5.53.